The van der Waals surface area contributed by atoms with Gasteiger partial charge in [0.2, 0.25) is 0 Å². The number of para-hydroxylation sites is 1. The molecular weight excluding hydrogens is 304 g/mol. The highest BCUT2D eigenvalue weighted by Crippen LogP contribution is 2.24. The van der Waals surface area contributed by atoms with Gasteiger partial charge >= 0.3 is 0 Å². The van der Waals surface area contributed by atoms with Gasteiger partial charge in [-0.2, -0.15) is 0 Å². The number of hydrogen-bond acceptors (Lipinski definition) is 4. The van der Waals surface area contributed by atoms with Crippen LogP contribution in [0, 0.1) is 0 Å². The standard InChI is InChI=1S/C19H20N2O3/c1-12(10-14-11-13-6-2-4-8-16(13)23-14)20-19(22)18-15-7-3-5-9-17(15)24-21-18/h2,4,6,8,11-12H,3,5,7,9-10H2,1H3,(H,20,22). The SMILES string of the molecule is CC(Cc1cc2ccccc2o1)NC(=O)c1noc2c1CCCC2. The molecule has 24 heavy (non-hydrogen) atoms. The number of benzene rings is 1. The summed E-state index contributed by atoms with van der Waals surface area (Å²) in [7, 11) is 0. The summed E-state index contributed by atoms with van der Waals surface area (Å²) in [6, 6.07) is 9.89. The first kappa shape index (κ1) is 15.0. The molecule has 5 heteroatoms. The van der Waals surface area contributed by atoms with Gasteiger partial charge in [0.15, 0.2) is 5.69 Å². The van der Waals surface area contributed by atoms with Gasteiger partial charge in [0.1, 0.15) is 17.1 Å². The summed E-state index contributed by atoms with van der Waals surface area (Å²) < 4.78 is 11.1. The Kier molecular flexibility index (Phi) is 3.84. The molecule has 3 aromatic rings. The van der Waals surface area contributed by atoms with Crippen LogP contribution in [0.2, 0.25) is 0 Å². The van der Waals surface area contributed by atoms with Gasteiger partial charge < -0.3 is 14.3 Å². The summed E-state index contributed by atoms with van der Waals surface area (Å²) in [5.74, 6) is 1.58. The van der Waals surface area contributed by atoms with Crippen molar-refractivity contribution >= 4 is 16.9 Å². The van der Waals surface area contributed by atoms with E-state index in [2.05, 4.69) is 10.5 Å². The van der Waals surface area contributed by atoms with Crippen LogP contribution in [0.4, 0.5) is 0 Å². The second-order valence-electron chi connectivity index (χ2n) is 6.47. The van der Waals surface area contributed by atoms with Gasteiger partial charge in [0.25, 0.3) is 5.91 Å². The first-order chi connectivity index (χ1) is 11.7. The molecule has 2 aromatic heterocycles. The molecule has 1 aliphatic rings. The third-order valence-electron chi connectivity index (χ3n) is 4.53. The third kappa shape index (κ3) is 2.82. The smallest absolute Gasteiger partial charge is 0.273 e. The largest absolute Gasteiger partial charge is 0.461 e. The fraction of sp³-hybridized carbons (Fsp3) is 0.368. The van der Waals surface area contributed by atoms with E-state index >= 15 is 0 Å². The molecule has 0 radical (unpaired) electrons. The molecule has 0 bridgehead atoms. The van der Waals surface area contributed by atoms with Crippen LogP contribution in [0.5, 0.6) is 0 Å². The van der Waals surface area contributed by atoms with Crippen molar-refractivity contribution in [2.75, 3.05) is 0 Å². The van der Waals surface area contributed by atoms with E-state index in [9.17, 15) is 4.79 Å². The molecule has 1 aromatic carbocycles. The molecule has 1 unspecified atom stereocenters. The normalized spacial score (nSPS) is 15.2. The average molecular weight is 324 g/mol. The lowest BCUT2D eigenvalue weighted by atomic mass is 9.96. The number of furan rings is 1. The molecule has 4 rings (SSSR count). The summed E-state index contributed by atoms with van der Waals surface area (Å²) in [6.45, 7) is 1.97. The number of hydrogen-bond donors (Lipinski definition) is 1. The Morgan fingerprint density at radius 1 is 1.29 bits per heavy atom. The van der Waals surface area contributed by atoms with Gasteiger partial charge in [-0.15, -0.1) is 0 Å². The van der Waals surface area contributed by atoms with Crippen LogP contribution >= 0.6 is 0 Å². The van der Waals surface area contributed by atoms with Crippen molar-refractivity contribution in [3.8, 4) is 0 Å². The second kappa shape index (κ2) is 6.15. The van der Waals surface area contributed by atoms with Gasteiger partial charge in [0.05, 0.1) is 0 Å². The summed E-state index contributed by atoms with van der Waals surface area (Å²) >= 11 is 0. The number of rotatable bonds is 4. The predicted molar refractivity (Wildman–Crippen MR) is 90.0 cm³/mol. The maximum atomic E-state index is 12.5. The Bertz CT molecular complexity index is 845. The lowest BCUT2D eigenvalue weighted by Gasteiger charge is -2.13. The Labute approximate surface area is 140 Å². The fourth-order valence-electron chi connectivity index (χ4n) is 3.35. The number of nitrogens with zero attached hydrogens (tertiary/aromatic N) is 1. The number of aryl methyl sites for hydroxylation is 1. The number of carbonyl (C=O) groups is 1. The van der Waals surface area contributed by atoms with E-state index in [-0.39, 0.29) is 11.9 Å². The summed E-state index contributed by atoms with van der Waals surface area (Å²) in [4.78, 5) is 12.5. The zero-order valence-electron chi connectivity index (χ0n) is 13.7. The predicted octanol–water partition coefficient (Wildman–Crippen LogP) is 3.66. The fourth-order valence-corrected chi connectivity index (χ4v) is 3.35. The number of amides is 1. The molecule has 124 valence electrons. The van der Waals surface area contributed by atoms with Crippen LogP contribution in [0.15, 0.2) is 39.3 Å². The molecule has 0 saturated carbocycles. The molecule has 0 fully saturated rings. The summed E-state index contributed by atoms with van der Waals surface area (Å²) in [6.07, 6.45) is 4.58. The molecule has 1 aliphatic carbocycles. The van der Waals surface area contributed by atoms with E-state index in [1.165, 1.54) is 0 Å². The van der Waals surface area contributed by atoms with E-state index in [0.29, 0.717) is 12.1 Å². The van der Waals surface area contributed by atoms with Crippen LogP contribution in [0.1, 0.15) is 47.3 Å². The maximum Gasteiger partial charge on any atom is 0.273 e. The van der Waals surface area contributed by atoms with Crippen molar-refractivity contribution in [1.29, 1.82) is 0 Å². The van der Waals surface area contributed by atoms with Gasteiger partial charge in [-0.3, -0.25) is 4.79 Å². The van der Waals surface area contributed by atoms with Crippen molar-refractivity contribution in [1.82, 2.24) is 10.5 Å². The van der Waals surface area contributed by atoms with E-state index in [1.807, 2.05) is 37.3 Å². The molecular formula is C19H20N2O3. The number of aromatic nitrogens is 1. The first-order valence-electron chi connectivity index (χ1n) is 8.46. The number of fused-ring (bicyclic) bond motifs is 2. The average Bonchev–Trinajstić information content (AvgIpc) is 3.17. The van der Waals surface area contributed by atoms with Crippen LogP contribution in [-0.2, 0) is 19.3 Å². The van der Waals surface area contributed by atoms with Crippen LogP contribution in [0.3, 0.4) is 0 Å². The summed E-state index contributed by atoms with van der Waals surface area (Å²) in [5.41, 5.74) is 2.30. The summed E-state index contributed by atoms with van der Waals surface area (Å²) in [5, 5.41) is 8.07. The lowest BCUT2D eigenvalue weighted by molar-refractivity contribution is 0.0929. The highest BCUT2D eigenvalue weighted by molar-refractivity contribution is 5.94. The van der Waals surface area contributed by atoms with Gasteiger partial charge in [0, 0.05) is 29.8 Å². The highest BCUT2D eigenvalue weighted by atomic mass is 16.5. The minimum atomic E-state index is -0.162. The molecule has 1 amide bonds. The van der Waals surface area contributed by atoms with Crippen molar-refractivity contribution in [2.24, 2.45) is 0 Å². The molecule has 1 atom stereocenters. The zero-order valence-corrected chi connectivity index (χ0v) is 13.7. The van der Waals surface area contributed by atoms with Crippen LogP contribution in [-0.4, -0.2) is 17.1 Å². The van der Waals surface area contributed by atoms with Crippen molar-refractivity contribution in [2.45, 2.75) is 45.1 Å². The minimum absolute atomic E-state index is 0.0472. The molecule has 0 saturated heterocycles. The monoisotopic (exact) mass is 324 g/mol. The highest BCUT2D eigenvalue weighted by Gasteiger charge is 2.24. The van der Waals surface area contributed by atoms with Crippen LogP contribution in [0.25, 0.3) is 11.0 Å². The second-order valence-corrected chi connectivity index (χ2v) is 6.47. The zero-order chi connectivity index (χ0) is 16.5. The van der Waals surface area contributed by atoms with Crippen molar-refractivity contribution in [3.63, 3.8) is 0 Å². The van der Waals surface area contributed by atoms with E-state index in [1.54, 1.807) is 0 Å². The Morgan fingerprint density at radius 3 is 3.00 bits per heavy atom. The topological polar surface area (TPSA) is 68.3 Å². The first-order valence-corrected chi connectivity index (χ1v) is 8.46. The number of nitrogens with one attached hydrogen (secondary N) is 1. The number of carbonyl (C=O) groups excluding carboxylic acids is 1. The van der Waals surface area contributed by atoms with Crippen molar-refractivity contribution in [3.05, 3.63) is 53.1 Å². The Hall–Kier alpha value is -2.56. The minimum Gasteiger partial charge on any atom is -0.461 e. The van der Waals surface area contributed by atoms with Gasteiger partial charge in [-0.05, 0) is 38.3 Å². The molecule has 2 heterocycles. The van der Waals surface area contributed by atoms with E-state index in [4.69, 9.17) is 8.94 Å². The van der Waals surface area contributed by atoms with Crippen molar-refractivity contribution < 1.29 is 13.7 Å². The van der Waals surface area contributed by atoms with E-state index < -0.39 is 0 Å². The Balaban J connectivity index is 1.44. The Morgan fingerprint density at radius 2 is 2.12 bits per heavy atom. The molecule has 1 N–H and O–H groups in total. The quantitative estimate of drug-likeness (QED) is 0.795. The van der Waals surface area contributed by atoms with Gasteiger partial charge in [-0.25, -0.2) is 0 Å². The van der Waals surface area contributed by atoms with Crippen LogP contribution < -0.4 is 5.32 Å². The maximum absolute atomic E-state index is 12.5. The molecule has 5 nitrogen and oxygen atoms in total. The molecule has 0 spiro atoms. The lowest BCUT2D eigenvalue weighted by Crippen LogP contribution is -2.34. The third-order valence-corrected chi connectivity index (χ3v) is 4.53. The van der Waals surface area contributed by atoms with Gasteiger partial charge in [-0.1, -0.05) is 23.4 Å². The molecule has 0 aliphatic heterocycles. The van der Waals surface area contributed by atoms with E-state index in [0.717, 1.165) is 53.7 Å².